The Balaban J connectivity index is 2.32. The van der Waals surface area contributed by atoms with Gasteiger partial charge in [0.05, 0.1) is 6.61 Å². The zero-order valence-corrected chi connectivity index (χ0v) is 7.28. The van der Waals surface area contributed by atoms with Gasteiger partial charge in [-0.15, -0.1) is 11.3 Å². The van der Waals surface area contributed by atoms with Gasteiger partial charge in [-0.05, 0) is 37.3 Å². The summed E-state index contributed by atoms with van der Waals surface area (Å²) in [4.78, 5) is 2.65. The first kappa shape index (κ1) is 7.32. The molecule has 0 bridgehead atoms. The van der Waals surface area contributed by atoms with E-state index in [2.05, 4.69) is 6.07 Å². The smallest absolute Gasteiger partial charge is 0.0774 e. The minimum Gasteiger partial charge on any atom is -0.391 e. The van der Waals surface area contributed by atoms with Crippen LogP contribution in [0.25, 0.3) is 0 Å². The standard InChI is InChI=1S/C9H12OS/c10-6-8-5-7-3-1-2-4-9(7)11-8/h5,10H,1-4,6H2. The molecule has 1 heterocycles. The molecule has 0 fully saturated rings. The van der Waals surface area contributed by atoms with Crippen LogP contribution < -0.4 is 0 Å². The van der Waals surface area contributed by atoms with Gasteiger partial charge in [0.1, 0.15) is 0 Å². The second-order valence-corrected chi connectivity index (χ2v) is 4.25. The lowest BCUT2D eigenvalue weighted by Crippen LogP contribution is -1.96. The van der Waals surface area contributed by atoms with Crippen LogP contribution in [0, 0.1) is 0 Å². The molecule has 60 valence electrons. The van der Waals surface area contributed by atoms with Crippen LogP contribution in [0.2, 0.25) is 0 Å². The van der Waals surface area contributed by atoms with Crippen molar-refractivity contribution >= 4 is 11.3 Å². The minimum atomic E-state index is 0.220. The second-order valence-electron chi connectivity index (χ2n) is 3.03. The second kappa shape index (κ2) is 2.95. The van der Waals surface area contributed by atoms with E-state index in [9.17, 15) is 0 Å². The molecule has 1 aromatic rings. The summed E-state index contributed by atoms with van der Waals surface area (Å²) in [6.45, 7) is 0.220. The third-order valence-corrected chi connectivity index (χ3v) is 3.43. The van der Waals surface area contributed by atoms with Crippen molar-refractivity contribution in [3.05, 3.63) is 21.4 Å². The van der Waals surface area contributed by atoms with E-state index in [0.29, 0.717) is 0 Å². The van der Waals surface area contributed by atoms with E-state index in [0.717, 1.165) is 4.88 Å². The fourth-order valence-electron chi connectivity index (χ4n) is 1.63. The normalized spacial score (nSPS) is 16.5. The largest absolute Gasteiger partial charge is 0.391 e. The number of hydrogen-bond acceptors (Lipinski definition) is 2. The van der Waals surface area contributed by atoms with Crippen LogP contribution in [-0.2, 0) is 19.4 Å². The van der Waals surface area contributed by atoms with Crippen LogP contribution in [-0.4, -0.2) is 5.11 Å². The van der Waals surface area contributed by atoms with Crippen LogP contribution in [0.15, 0.2) is 6.07 Å². The highest BCUT2D eigenvalue weighted by molar-refractivity contribution is 7.12. The highest BCUT2D eigenvalue weighted by Gasteiger charge is 2.12. The van der Waals surface area contributed by atoms with E-state index in [1.807, 2.05) is 0 Å². The molecular formula is C9H12OS. The monoisotopic (exact) mass is 168 g/mol. The molecule has 11 heavy (non-hydrogen) atoms. The van der Waals surface area contributed by atoms with Gasteiger partial charge in [0.25, 0.3) is 0 Å². The molecule has 2 rings (SSSR count). The Morgan fingerprint density at radius 3 is 2.91 bits per heavy atom. The van der Waals surface area contributed by atoms with Gasteiger partial charge < -0.3 is 5.11 Å². The van der Waals surface area contributed by atoms with E-state index in [1.54, 1.807) is 11.3 Å². The number of aliphatic hydroxyl groups excluding tert-OH is 1. The van der Waals surface area contributed by atoms with Crippen molar-refractivity contribution in [3.63, 3.8) is 0 Å². The predicted molar refractivity (Wildman–Crippen MR) is 46.9 cm³/mol. The predicted octanol–water partition coefficient (Wildman–Crippen LogP) is 2.12. The summed E-state index contributed by atoms with van der Waals surface area (Å²) in [7, 11) is 0. The van der Waals surface area contributed by atoms with E-state index >= 15 is 0 Å². The van der Waals surface area contributed by atoms with Gasteiger partial charge in [0.15, 0.2) is 0 Å². The molecule has 0 radical (unpaired) electrons. The van der Waals surface area contributed by atoms with Crippen molar-refractivity contribution in [1.29, 1.82) is 0 Å². The lowest BCUT2D eigenvalue weighted by atomic mass is 9.99. The summed E-state index contributed by atoms with van der Waals surface area (Å²) >= 11 is 1.79. The number of aliphatic hydroxyl groups is 1. The van der Waals surface area contributed by atoms with Gasteiger partial charge in [-0.25, -0.2) is 0 Å². The molecule has 1 N–H and O–H groups in total. The summed E-state index contributed by atoms with van der Waals surface area (Å²) < 4.78 is 0. The van der Waals surface area contributed by atoms with E-state index in [-0.39, 0.29) is 6.61 Å². The number of thiophene rings is 1. The van der Waals surface area contributed by atoms with Crippen molar-refractivity contribution in [2.45, 2.75) is 32.3 Å². The van der Waals surface area contributed by atoms with Crippen LogP contribution in [0.5, 0.6) is 0 Å². The molecule has 0 aliphatic heterocycles. The zero-order valence-electron chi connectivity index (χ0n) is 6.47. The Bertz CT molecular complexity index is 229. The van der Waals surface area contributed by atoms with Crippen molar-refractivity contribution in [3.8, 4) is 0 Å². The molecule has 0 amide bonds. The molecule has 0 saturated carbocycles. The maximum absolute atomic E-state index is 8.90. The lowest BCUT2D eigenvalue weighted by molar-refractivity contribution is 0.285. The van der Waals surface area contributed by atoms with Crippen molar-refractivity contribution in [2.75, 3.05) is 0 Å². The van der Waals surface area contributed by atoms with E-state index in [4.69, 9.17) is 5.11 Å². The molecule has 1 nitrogen and oxygen atoms in total. The highest BCUT2D eigenvalue weighted by atomic mass is 32.1. The zero-order chi connectivity index (χ0) is 7.68. The highest BCUT2D eigenvalue weighted by Crippen LogP contribution is 2.29. The van der Waals surface area contributed by atoms with E-state index in [1.165, 1.54) is 36.1 Å². The van der Waals surface area contributed by atoms with Crippen LogP contribution in [0.4, 0.5) is 0 Å². The maximum Gasteiger partial charge on any atom is 0.0774 e. The number of hydrogen-bond donors (Lipinski definition) is 1. The lowest BCUT2D eigenvalue weighted by Gasteiger charge is -2.08. The Morgan fingerprint density at radius 1 is 1.36 bits per heavy atom. The molecule has 1 aromatic heterocycles. The van der Waals surface area contributed by atoms with Crippen molar-refractivity contribution in [1.82, 2.24) is 0 Å². The molecule has 0 saturated heterocycles. The van der Waals surface area contributed by atoms with Crippen LogP contribution in [0.3, 0.4) is 0 Å². The Hall–Kier alpha value is -0.340. The number of fused-ring (bicyclic) bond motifs is 1. The van der Waals surface area contributed by atoms with Crippen LogP contribution >= 0.6 is 11.3 Å². The van der Waals surface area contributed by atoms with Gasteiger partial charge in [0, 0.05) is 9.75 Å². The average molecular weight is 168 g/mol. The third kappa shape index (κ3) is 1.33. The van der Waals surface area contributed by atoms with Gasteiger partial charge in [-0.1, -0.05) is 0 Å². The molecule has 1 aliphatic carbocycles. The summed E-state index contributed by atoms with van der Waals surface area (Å²) in [6.07, 6.45) is 5.12. The van der Waals surface area contributed by atoms with Gasteiger partial charge >= 0.3 is 0 Å². The Kier molecular flexibility index (Phi) is 1.96. The maximum atomic E-state index is 8.90. The first-order valence-electron chi connectivity index (χ1n) is 4.11. The number of aryl methyl sites for hydroxylation is 2. The van der Waals surface area contributed by atoms with Crippen molar-refractivity contribution in [2.24, 2.45) is 0 Å². The first-order valence-corrected chi connectivity index (χ1v) is 4.93. The molecule has 0 atom stereocenters. The molecular weight excluding hydrogens is 156 g/mol. The van der Waals surface area contributed by atoms with Gasteiger partial charge in [-0.2, -0.15) is 0 Å². The first-order chi connectivity index (χ1) is 5.40. The van der Waals surface area contributed by atoms with Crippen molar-refractivity contribution < 1.29 is 5.11 Å². The Morgan fingerprint density at radius 2 is 2.18 bits per heavy atom. The topological polar surface area (TPSA) is 20.2 Å². The molecule has 1 aliphatic rings. The molecule has 0 unspecified atom stereocenters. The fourth-order valence-corrected chi connectivity index (χ4v) is 2.75. The van der Waals surface area contributed by atoms with Gasteiger partial charge in [-0.3, -0.25) is 0 Å². The average Bonchev–Trinajstić information content (AvgIpc) is 2.46. The Labute approximate surface area is 70.7 Å². The molecule has 2 heteroatoms. The fraction of sp³-hybridized carbons (Fsp3) is 0.556. The summed E-state index contributed by atoms with van der Waals surface area (Å²) in [5.41, 5.74) is 1.49. The molecule has 0 aromatic carbocycles. The summed E-state index contributed by atoms with van der Waals surface area (Å²) in [6, 6.07) is 2.17. The SMILES string of the molecule is OCc1cc2c(s1)CCCC2. The summed E-state index contributed by atoms with van der Waals surface area (Å²) in [5.74, 6) is 0. The van der Waals surface area contributed by atoms with Crippen LogP contribution in [0.1, 0.15) is 28.2 Å². The quantitative estimate of drug-likeness (QED) is 0.681. The third-order valence-electron chi connectivity index (χ3n) is 2.20. The minimum absolute atomic E-state index is 0.220. The van der Waals surface area contributed by atoms with E-state index < -0.39 is 0 Å². The number of rotatable bonds is 1. The van der Waals surface area contributed by atoms with Gasteiger partial charge in [0.2, 0.25) is 0 Å². The summed E-state index contributed by atoms with van der Waals surface area (Å²) in [5, 5.41) is 8.90. The molecule has 0 spiro atoms.